The molecule has 0 aliphatic rings. The summed E-state index contributed by atoms with van der Waals surface area (Å²) in [6.07, 6.45) is 5.43. The van der Waals surface area contributed by atoms with Gasteiger partial charge in [0.25, 0.3) is 0 Å². The Morgan fingerprint density at radius 1 is 1.07 bits per heavy atom. The van der Waals surface area contributed by atoms with E-state index >= 15 is 0 Å². The van der Waals surface area contributed by atoms with E-state index in [0.717, 1.165) is 30.4 Å². The van der Waals surface area contributed by atoms with Crippen molar-refractivity contribution in [3.63, 3.8) is 0 Å². The first-order valence-electron chi connectivity index (χ1n) is 10.4. The molecule has 2 rings (SSSR count). The number of unbranched alkanes of at least 4 members (excludes halogenated alkanes) is 1. The van der Waals surface area contributed by atoms with Gasteiger partial charge in [-0.05, 0) is 49.3 Å². The third-order valence-electron chi connectivity index (χ3n) is 4.73. The zero-order chi connectivity index (χ0) is 21.6. The van der Waals surface area contributed by atoms with Crippen LogP contribution in [0.15, 0.2) is 59.7 Å². The summed E-state index contributed by atoms with van der Waals surface area (Å²) in [5.41, 5.74) is 3.26. The fourth-order valence-corrected chi connectivity index (χ4v) is 3.26. The van der Waals surface area contributed by atoms with E-state index in [1.54, 1.807) is 13.1 Å². The molecule has 1 amide bonds. The number of nitrogens with one attached hydrogen (secondary N) is 1. The second-order valence-electron chi connectivity index (χ2n) is 7.19. The highest BCUT2D eigenvalue weighted by atomic mass is 16.5. The van der Waals surface area contributed by atoms with E-state index in [0.29, 0.717) is 19.4 Å². The Balaban J connectivity index is 1.78. The SMILES string of the molecule is CCOC(=O)CC(Cc1ccccc1)NC(=O)CCCCc1ccc(C=NN)cc1. The smallest absolute Gasteiger partial charge is 0.307 e. The van der Waals surface area contributed by atoms with Crippen molar-refractivity contribution in [2.24, 2.45) is 10.9 Å². The van der Waals surface area contributed by atoms with Crippen LogP contribution in [0, 0.1) is 0 Å². The molecule has 6 nitrogen and oxygen atoms in total. The van der Waals surface area contributed by atoms with Gasteiger partial charge < -0.3 is 15.9 Å². The highest BCUT2D eigenvalue weighted by Gasteiger charge is 2.17. The summed E-state index contributed by atoms with van der Waals surface area (Å²) in [6.45, 7) is 2.12. The lowest BCUT2D eigenvalue weighted by molar-refractivity contribution is -0.143. The van der Waals surface area contributed by atoms with E-state index in [2.05, 4.69) is 10.4 Å². The second-order valence-corrected chi connectivity index (χ2v) is 7.19. The number of carbonyl (C=O) groups excluding carboxylic acids is 2. The lowest BCUT2D eigenvalue weighted by atomic mass is 10.0. The molecule has 0 aromatic heterocycles. The quantitative estimate of drug-likeness (QED) is 0.185. The summed E-state index contributed by atoms with van der Waals surface area (Å²) < 4.78 is 5.06. The van der Waals surface area contributed by atoms with Gasteiger partial charge in [0.05, 0.1) is 19.2 Å². The van der Waals surface area contributed by atoms with Gasteiger partial charge in [0, 0.05) is 12.5 Å². The maximum Gasteiger partial charge on any atom is 0.307 e. The van der Waals surface area contributed by atoms with E-state index in [9.17, 15) is 9.59 Å². The van der Waals surface area contributed by atoms with Crippen LogP contribution in [-0.2, 0) is 27.2 Å². The first kappa shape index (κ1) is 23.1. The highest BCUT2D eigenvalue weighted by Crippen LogP contribution is 2.10. The van der Waals surface area contributed by atoms with Crippen molar-refractivity contribution in [1.82, 2.24) is 5.32 Å². The number of esters is 1. The molecule has 2 aromatic rings. The molecule has 30 heavy (non-hydrogen) atoms. The van der Waals surface area contributed by atoms with E-state index in [1.807, 2.05) is 54.6 Å². The zero-order valence-electron chi connectivity index (χ0n) is 17.5. The highest BCUT2D eigenvalue weighted by molar-refractivity contribution is 5.79. The minimum Gasteiger partial charge on any atom is -0.466 e. The number of hydrogen-bond donors (Lipinski definition) is 2. The van der Waals surface area contributed by atoms with Gasteiger partial charge in [0.15, 0.2) is 0 Å². The number of ether oxygens (including phenoxy) is 1. The summed E-state index contributed by atoms with van der Waals surface area (Å²) in [5.74, 6) is 4.83. The summed E-state index contributed by atoms with van der Waals surface area (Å²) in [4.78, 5) is 24.3. The van der Waals surface area contributed by atoms with E-state index in [1.165, 1.54) is 5.56 Å². The molecule has 0 aliphatic heterocycles. The van der Waals surface area contributed by atoms with Crippen molar-refractivity contribution in [3.05, 3.63) is 71.3 Å². The van der Waals surface area contributed by atoms with Crippen molar-refractivity contribution in [3.8, 4) is 0 Å². The molecular weight excluding hydrogens is 378 g/mol. The topological polar surface area (TPSA) is 93.8 Å². The second kappa shape index (κ2) is 13.1. The molecule has 2 aromatic carbocycles. The van der Waals surface area contributed by atoms with Crippen LogP contribution in [-0.4, -0.2) is 30.7 Å². The average Bonchev–Trinajstić information content (AvgIpc) is 2.73. The Labute approximate surface area is 178 Å². The summed E-state index contributed by atoms with van der Waals surface area (Å²) in [5, 5.41) is 6.52. The van der Waals surface area contributed by atoms with Crippen LogP contribution < -0.4 is 11.2 Å². The molecule has 3 N–H and O–H groups in total. The Hall–Kier alpha value is -3.15. The molecule has 160 valence electrons. The van der Waals surface area contributed by atoms with Crippen molar-refractivity contribution in [2.75, 3.05) is 6.61 Å². The largest absolute Gasteiger partial charge is 0.466 e. The molecule has 0 radical (unpaired) electrons. The Morgan fingerprint density at radius 2 is 1.80 bits per heavy atom. The summed E-state index contributed by atoms with van der Waals surface area (Å²) in [6, 6.07) is 17.6. The van der Waals surface area contributed by atoms with Crippen LogP contribution >= 0.6 is 0 Å². The van der Waals surface area contributed by atoms with Gasteiger partial charge in [-0.2, -0.15) is 5.10 Å². The number of aryl methyl sites for hydroxylation is 1. The van der Waals surface area contributed by atoms with Crippen LogP contribution in [0.5, 0.6) is 0 Å². The number of nitrogens with zero attached hydrogens (tertiary/aromatic N) is 1. The van der Waals surface area contributed by atoms with Crippen LogP contribution in [0.4, 0.5) is 0 Å². The first-order chi connectivity index (χ1) is 14.6. The van der Waals surface area contributed by atoms with E-state index in [-0.39, 0.29) is 24.3 Å². The maximum atomic E-state index is 12.4. The predicted octanol–water partition coefficient (Wildman–Crippen LogP) is 3.37. The third-order valence-corrected chi connectivity index (χ3v) is 4.73. The van der Waals surface area contributed by atoms with Gasteiger partial charge in [0.2, 0.25) is 5.91 Å². The van der Waals surface area contributed by atoms with Gasteiger partial charge in [-0.3, -0.25) is 9.59 Å². The Kier molecular flexibility index (Phi) is 10.1. The van der Waals surface area contributed by atoms with Gasteiger partial charge >= 0.3 is 5.97 Å². The first-order valence-corrected chi connectivity index (χ1v) is 10.4. The molecule has 0 heterocycles. The average molecular weight is 410 g/mol. The van der Waals surface area contributed by atoms with Crippen molar-refractivity contribution < 1.29 is 14.3 Å². The number of hydrogen-bond acceptors (Lipinski definition) is 5. The molecule has 6 heteroatoms. The van der Waals surface area contributed by atoms with Crippen molar-refractivity contribution >= 4 is 18.1 Å². The molecule has 0 aliphatic carbocycles. The van der Waals surface area contributed by atoms with Crippen molar-refractivity contribution in [1.29, 1.82) is 0 Å². The van der Waals surface area contributed by atoms with E-state index in [4.69, 9.17) is 10.6 Å². The fourth-order valence-electron chi connectivity index (χ4n) is 3.26. The van der Waals surface area contributed by atoms with Gasteiger partial charge in [-0.1, -0.05) is 54.6 Å². The maximum absolute atomic E-state index is 12.4. The lowest BCUT2D eigenvalue weighted by Crippen LogP contribution is -2.38. The Morgan fingerprint density at radius 3 is 2.47 bits per heavy atom. The lowest BCUT2D eigenvalue weighted by Gasteiger charge is -2.18. The molecule has 0 saturated carbocycles. The molecule has 0 saturated heterocycles. The standard InChI is InChI=1S/C24H31N3O3/c1-2-30-24(29)17-22(16-20-9-4-3-5-10-20)27-23(28)11-7-6-8-19-12-14-21(15-13-19)18-26-25/h3-5,9-10,12-15,18,22H,2,6-8,11,16-17,25H2,1H3,(H,27,28). The summed E-state index contributed by atoms with van der Waals surface area (Å²) in [7, 11) is 0. The molecule has 1 atom stereocenters. The predicted molar refractivity (Wildman–Crippen MR) is 119 cm³/mol. The van der Waals surface area contributed by atoms with Crippen LogP contribution in [0.2, 0.25) is 0 Å². The van der Waals surface area contributed by atoms with Crippen molar-refractivity contribution in [2.45, 2.75) is 51.5 Å². The molecular formula is C24H31N3O3. The van der Waals surface area contributed by atoms with Gasteiger partial charge in [-0.15, -0.1) is 0 Å². The molecule has 1 unspecified atom stereocenters. The third kappa shape index (κ3) is 8.90. The number of rotatable bonds is 12. The van der Waals surface area contributed by atoms with E-state index < -0.39 is 0 Å². The van der Waals surface area contributed by atoms with Crippen LogP contribution in [0.1, 0.15) is 49.3 Å². The number of carbonyl (C=O) groups is 2. The minimum absolute atomic E-state index is 0.0327. The number of nitrogens with two attached hydrogens (primary N) is 1. The zero-order valence-corrected chi connectivity index (χ0v) is 17.5. The van der Waals surface area contributed by atoms with Crippen LogP contribution in [0.3, 0.4) is 0 Å². The minimum atomic E-state index is -0.290. The number of benzene rings is 2. The molecule has 0 spiro atoms. The monoisotopic (exact) mass is 409 g/mol. The number of amides is 1. The summed E-state index contributed by atoms with van der Waals surface area (Å²) >= 11 is 0. The van der Waals surface area contributed by atoms with Gasteiger partial charge in [-0.25, -0.2) is 0 Å². The van der Waals surface area contributed by atoms with Gasteiger partial charge in [0.1, 0.15) is 0 Å². The fraction of sp³-hybridized carbons (Fsp3) is 0.375. The molecule has 0 fully saturated rings. The molecule has 0 bridgehead atoms. The number of hydrazone groups is 1. The normalized spacial score (nSPS) is 11.9. The van der Waals surface area contributed by atoms with Crippen LogP contribution in [0.25, 0.3) is 0 Å². The Bertz CT molecular complexity index is 804.